The summed E-state index contributed by atoms with van der Waals surface area (Å²) in [7, 11) is 0. The van der Waals surface area contributed by atoms with Crippen molar-refractivity contribution < 1.29 is 4.42 Å². The van der Waals surface area contributed by atoms with Crippen LogP contribution in [0.15, 0.2) is 22.8 Å². The molecule has 0 unspecified atom stereocenters. The molecule has 0 amide bonds. The third-order valence-electron chi connectivity index (χ3n) is 3.47. The third-order valence-corrected chi connectivity index (χ3v) is 3.47. The molecule has 1 aliphatic carbocycles. The Kier molecular flexibility index (Phi) is 2.64. The summed E-state index contributed by atoms with van der Waals surface area (Å²) >= 11 is 0. The van der Waals surface area contributed by atoms with Crippen LogP contribution in [0.4, 0.5) is 0 Å². The molecule has 0 radical (unpaired) electrons. The topological polar surface area (TPSA) is 25.2 Å². The van der Waals surface area contributed by atoms with E-state index in [4.69, 9.17) is 4.42 Å². The van der Waals surface area contributed by atoms with Gasteiger partial charge in [-0.3, -0.25) is 0 Å². The van der Waals surface area contributed by atoms with Crippen LogP contribution < -0.4 is 5.32 Å². The maximum atomic E-state index is 5.27. The van der Waals surface area contributed by atoms with Gasteiger partial charge in [-0.25, -0.2) is 0 Å². The van der Waals surface area contributed by atoms with Gasteiger partial charge in [0.2, 0.25) is 0 Å². The first-order chi connectivity index (χ1) is 6.73. The van der Waals surface area contributed by atoms with Crippen molar-refractivity contribution in [3.63, 3.8) is 0 Å². The van der Waals surface area contributed by atoms with Crippen molar-refractivity contribution in [1.82, 2.24) is 5.32 Å². The maximum absolute atomic E-state index is 5.27. The molecule has 78 valence electrons. The van der Waals surface area contributed by atoms with Crippen molar-refractivity contribution in [2.24, 2.45) is 11.3 Å². The predicted molar refractivity (Wildman–Crippen MR) is 56.9 cm³/mol. The van der Waals surface area contributed by atoms with Crippen molar-refractivity contribution in [2.45, 2.75) is 33.2 Å². The second kappa shape index (κ2) is 3.77. The lowest BCUT2D eigenvalue weighted by Crippen LogP contribution is -2.27. The molecule has 2 rings (SSSR count). The van der Waals surface area contributed by atoms with Crippen molar-refractivity contribution in [3.8, 4) is 0 Å². The molecule has 1 aromatic heterocycles. The lowest BCUT2D eigenvalue weighted by Gasteiger charge is -2.19. The van der Waals surface area contributed by atoms with Gasteiger partial charge >= 0.3 is 0 Å². The van der Waals surface area contributed by atoms with Crippen LogP contribution in [0, 0.1) is 11.3 Å². The molecule has 0 aromatic carbocycles. The quantitative estimate of drug-likeness (QED) is 0.778. The van der Waals surface area contributed by atoms with E-state index in [1.54, 1.807) is 6.26 Å². The summed E-state index contributed by atoms with van der Waals surface area (Å²) in [5.41, 5.74) is 0.590. The Hall–Kier alpha value is -0.760. The zero-order valence-electron chi connectivity index (χ0n) is 9.05. The number of hydrogen-bond donors (Lipinski definition) is 1. The molecule has 1 saturated carbocycles. The van der Waals surface area contributed by atoms with E-state index >= 15 is 0 Å². The third kappa shape index (κ3) is 2.01. The van der Waals surface area contributed by atoms with Crippen LogP contribution in [-0.4, -0.2) is 6.54 Å². The number of rotatable bonds is 5. The fourth-order valence-corrected chi connectivity index (χ4v) is 1.97. The van der Waals surface area contributed by atoms with E-state index in [2.05, 4.69) is 19.2 Å². The van der Waals surface area contributed by atoms with Gasteiger partial charge in [0.1, 0.15) is 5.76 Å². The SMILES string of the molecule is CC(C)C1(CNCc2ccco2)CC1. The van der Waals surface area contributed by atoms with Crippen LogP contribution in [0.25, 0.3) is 0 Å². The second-order valence-electron chi connectivity index (χ2n) is 4.70. The van der Waals surface area contributed by atoms with Crippen LogP contribution in [0.2, 0.25) is 0 Å². The standard InChI is InChI=1S/C12H19NO/c1-10(2)12(5-6-12)9-13-8-11-4-3-7-14-11/h3-4,7,10,13H,5-6,8-9H2,1-2H3. The smallest absolute Gasteiger partial charge is 0.117 e. The van der Waals surface area contributed by atoms with Crippen LogP contribution >= 0.6 is 0 Å². The van der Waals surface area contributed by atoms with Crippen molar-refractivity contribution in [2.75, 3.05) is 6.54 Å². The average molecular weight is 193 g/mol. The Morgan fingerprint density at radius 2 is 2.29 bits per heavy atom. The van der Waals surface area contributed by atoms with Crippen molar-refractivity contribution in [3.05, 3.63) is 24.2 Å². The molecule has 14 heavy (non-hydrogen) atoms. The van der Waals surface area contributed by atoms with Gasteiger partial charge in [-0.2, -0.15) is 0 Å². The molecule has 1 aromatic rings. The van der Waals surface area contributed by atoms with Gasteiger partial charge in [-0.15, -0.1) is 0 Å². The molecule has 1 aliphatic rings. The lowest BCUT2D eigenvalue weighted by atomic mass is 9.92. The van der Waals surface area contributed by atoms with Crippen molar-refractivity contribution >= 4 is 0 Å². The van der Waals surface area contributed by atoms with Gasteiger partial charge in [-0.1, -0.05) is 13.8 Å². The van der Waals surface area contributed by atoms with Crippen LogP contribution in [0.1, 0.15) is 32.4 Å². The molecule has 0 atom stereocenters. The molecular formula is C12H19NO. The van der Waals surface area contributed by atoms with E-state index < -0.39 is 0 Å². The van der Waals surface area contributed by atoms with E-state index in [9.17, 15) is 0 Å². The summed E-state index contributed by atoms with van der Waals surface area (Å²) < 4.78 is 5.27. The molecule has 1 fully saturated rings. The largest absolute Gasteiger partial charge is 0.468 e. The van der Waals surface area contributed by atoms with Crippen LogP contribution in [-0.2, 0) is 6.54 Å². The highest BCUT2D eigenvalue weighted by atomic mass is 16.3. The number of furan rings is 1. The van der Waals surface area contributed by atoms with Gasteiger partial charge in [0.15, 0.2) is 0 Å². The summed E-state index contributed by atoms with van der Waals surface area (Å²) in [6, 6.07) is 3.95. The number of hydrogen-bond acceptors (Lipinski definition) is 2. The Balaban J connectivity index is 1.73. The van der Waals surface area contributed by atoms with Crippen LogP contribution in [0.3, 0.4) is 0 Å². The normalized spacial score (nSPS) is 18.8. The van der Waals surface area contributed by atoms with Crippen molar-refractivity contribution in [1.29, 1.82) is 0 Å². The fraction of sp³-hybridized carbons (Fsp3) is 0.667. The predicted octanol–water partition coefficient (Wildman–Crippen LogP) is 2.81. The first kappa shape index (κ1) is 9.78. The fourth-order valence-electron chi connectivity index (χ4n) is 1.97. The Morgan fingerprint density at radius 1 is 1.50 bits per heavy atom. The summed E-state index contributed by atoms with van der Waals surface area (Å²) in [5, 5.41) is 3.48. The van der Waals surface area contributed by atoms with E-state index in [0.29, 0.717) is 5.41 Å². The molecule has 2 nitrogen and oxygen atoms in total. The van der Waals surface area contributed by atoms with Crippen LogP contribution in [0.5, 0.6) is 0 Å². The summed E-state index contributed by atoms with van der Waals surface area (Å²) in [4.78, 5) is 0. The highest BCUT2D eigenvalue weighted by Gasteiger charge is 2.44. The Labute approximate surface area is 85.7 Å². The minimum Gasteiger partial charge on any atom is -0.468 e. The lowest BCUT2D eigenvalue weighted by molar-refractivity contribution is 0.331. The average Bonchev–Trinajstić information content (AvgIpc) is 2.76. The van der Waals surface area contributed by atoms with Gasteiger partial charge < -0.3 is 9.73 Å². The zero-order chi connectivity index (χ0) is 10.0. The van der Waals surface area contributed by atoms with Gasteiger partial charge in [0.25, 0.3) is 0 Å². The zero-order valence-corrected chi connectivity index (χ0v) is 9.05. The Bertz CT molecular complexity index is 273. The number of nitrogens with one attached hydrogen (secondary N) is 1. The summed E-state index contributed by atoms with van der Waals surface area (Å²) in [5.74, 6) is 1.83. The second-order valence-corrected chi connectivity index (χ2v) is 4.70. The van der Waals surface area contributed by atoms with Gasteiger partial charge in [-0.05, 0) is 36.3 Å². The van der Waals surface area contributed by atoms with Gasteiger partial charge in [0.05, 0.1) is 12.8 Å². The van der Waals surface area contributed by atoms with E-state index in [-0.39, 0.29) is 0 Å². The molecule has 0 bridgehead atoms. The molecule has 0 saturated heterocycles. The monoisotopic (exact) mass is 193 g/mol. The highest BCUT2D eigenvalue weighted by Crippen LogP contribution is 2.51. The Morgan fingerprint density at radius 3 is 2.79 bits per heavy atom. The molecular weight excluding hydrogens is 174 g/mol. The summed E-state index contributed by atoms with van der Waals surface area (Å²) in [6.45, 7) is 6.63. The molecule has 1 heterocycles. The van der Waals surface area contributed by atoms with E-state index in [1.165, 1.54) is 12.8 Å². The first-order valence-corrected chi connectivity index (χ1v) is 5.46. The minimum absolute atomic E-state index is 0.590. The highest BCUT2D eigenvalue weighted by molar-refractivity contribution is 5.00. The maximum Gasteiger partial charge on any atom is 0.117 e. The van der Waals surface area contributed by atoms with E-state index in [0.717, 1.165) is 24.8 Å². The van der Waals surface area contributed by atoms with Gasteiger partial charge in [0, 0.05) is 6.54 Å². The first-order valence-electron chi connectivity index (χ1n) is 5.46. The molecule has 2 heteroatoms. The molecule has 1 N–H and O–H groups in total. The molecule has 0 aliphatic heterocycles. The minimum atomic E-state index is 0.590. The van der Waals surface area contributed by atoms with E-state index in [1.807, 2.05) is 12.1 Å². The summed E-state index contributed by atoms with van der Waals surface area (Å²) in [6.07, 6.45) is 4.50. The molecule has 0 spiro atoms.